The molecule has 1 amide bonds. The molecule has 0 unspecified atom stereocenters. The third kappa shape index (κ3) is 3.97. The van der Waals surface area contributed by atoms with Crippen LogP contribution in [0.25, 0.3) is 10.2 Å². The SMILES string of the molecule is COc1ccccc1CN1CCC(NC(=O)c2sc3ncn(C)c(=O)c3c2C)CC1. The Kier molecular flexibility index (Phi) is 5.87. The molecule has 1 aliphatic rings. The lowest BCUT2D eigenvalue weighted by Gasteiger charge is -2.32. The summed E-state index contributed by atoms with van der Waals surface area (Å²) in [6.07, 6.45) is 3.29. The van der Waals surface area contributed by atoms with Crippen LogP contribution in [0.2, 0.25) is 0 Å². The van der Waals surface area contributed by atoms with Crippen molar-refractivity contribution in [3.05, 3.63) is 57.0 Å². The van der Waals surface area contributed by atoms with E-state index in [4.69, 9.17) is 4.74 Å². The van der Waals surface area contributed by atoms with Crippen LogP contribution < -0.4 is 15.6 Å². The highest BCUT2D eigenvalue weighted by Gasteiger charge is 2.24. The van der Waals surface area contributed by atoms with E-state index in [9.17, 15) is 9.59 Å². The molecule has 7 nitrogen and oxygen atoms in total. The highest BCUT2D eigenvalue weighted by atomic mass is 32.1. The predicted molar refractivity (Wildman–Crippen MR) is 118 cm³/mol. The second-order valence-electron chi connectivity index (χ2n) is 7.73. The van der Waals surface area contributed by atoms with Crippen molar-refractivity contribution in [2.45, 2.75) is 32.4 Å². The molecule has 1 fully saturated rings. The van der Waals surface area contributed by atoms with Gasteiger partial charge in [0.15, 0.2) is 0 Å². The minimum absolute atomic E-state index is 0.110. The van der Waals surface area contributed by atoms with Gasteiger partial charge in [0.2, 0.25) is 0 Å². The number of para-hydroxylation sites is 1. The summed E-state index contributed by atoms with van der Waals surface area (Å²) in [6.45, 7) is 4.49. The fraction of sp³-hybridized carbons (Fsp3) is 0.409. The van der Waals surface area contributed by atoms with Crippen molar-refractivity contribution in [1.29, 1.82) is 0 Å². The molecule has 0 spiro atoms. The predicted octanol–water partition coefficient (Wildman–Crippen LogP) is 2.71. The van der Waals surface area contributed by atoms with Crippen LogP contribution in [0.5, 0.6) is 5.75 Å². The topological polar surface area (TPSA) is 76.5 Å². The summed E-state index contributed by atoms with van der Waals surface area (Å²) in [6, 6.07) is 8.21. The van der Waals surface area contributed by atoms with Crippen LogP contribution in [0.3, 0.4) is 0 Å². The normalized spacial score (nSPS) is 15.4. The molecule has 1 aliphatic heterocycles. The number of carbonyl (C=O) groups is 1. The standard InChI is InChI=1S/C22H26N4O3S/c1-14-18-21(23-13-25(2)22(18)28)30-19(14)20(27)24-16-8-10-26(11-9-16)12-15-6-4-5-7-17(15)29-3/h4-7,13,16H,8-12H2,1-3H3,(H,24,27). The fourth-order valence-corrected chi connectivity index (χ4v) is 5.03. The second kappa shape index (κ2) is 8.57. The molecule has 0 radical (unpaired) electrons. The Morgan fingerprint density at radius 1 is 1.30 bits per heavy atom. The summed E-state index contributed by atoms with van der Waals surface area (Å²) in [4.78, 5) is 33.2. The first-order chi connectivity index (χ1) is 14.5. The lowest BCUT2D eigenvalue weighted by molar-refractivity contribution is 0.0912. The molecular weight excluding hydrogens is 400 g/mol. The van der Waals surface area contributed by atoms with Gasteiger partial charge in [-0.3, -0.25) is 14.5 Å². The van der Waals surface area contributed by atoms with E-state index in [1.54, 1.807) is 14.2 Å². The van der Waals surface area contributed by atoms with Crippen LogP contribution >= 0.6 is 11.3 Å². The zero-order valence-corrected chi connectivity index (χ0v) is 18.3. The number of likely N-dealkylation sites (tertiary alicyclic amines) is 1. The number of carbonyl (C=O) groups excluding carboxylic acids is 1. The Labute approximate surface area is 179 Å². The van der Waals surface area contributed by atoms with Crippen molar-refractivity contribution in [3.8, 4) is 5.75 Å². The van der Waals surface area contributed by atoms with Crippen LogP contribution in [0, 0.1) is 6.92 Å². The molecule has 1 N–H and O–H groups in total. The lowest BCUT2D eigenvalue weighted by Crippen LogP contribution is -2.44. The van der Waals surface area contributed by atoms with Crippen LogP contribution in [-0.4, -0.2) is 46.6 Å². The van der Waals surface area contributed by atoms with Gasteiger partial charge in [-0.1, -0.05) is 18.2 Å². The Morgan fingerprint density at radius 3 is 2.77 bits per heavy atom. The fourth-order valence-electron chi connectivity index (χ4n) is 3.99. The zero-order valence-electron chi connectivity index (χ0n) is 17.5. The van der Waals surface area contributed by atoms with Crippen molar-refractivity contribution in [1.82, 2.24) is 19.8 Å². The first-order valence-corrected chi connectivity index (χ1v) is 10.9. The maximum Gasteiger partial charge on any atom is 0.262 e. The molecule has 8 heteroatoms. The Morgan fingerprint density at radius 2 is 2.03 bits per heavy atom. The molecule has 3 aromatic rings. The number of thiophene rings is 1. The van der Waals surface area contributed by atoms with Crippen LogP contribution in [0.1, 0.15) is 33.6 Å². The molecule has 2 aromatic heterocycles. The number of benzene rings is 1. The average molecular weight is 427 g/mol. The smallest absolute Gasteiger partial charge is 0.262 e. The first-order valence-electron chi connectivity index (χ1n) is 10.1. The zero-order chi connectivity index (χ0) is 21.3. The van der Waals surface area contributed by atoms with Crippen molar-refractivity contribution in [3.63, 3.8) is 0 Å². The molecule has 0 bridgehead atoms. The quantitative estimate of drug-likeness (QED) is 0.679. The van der Waals surface area contributed by atoms with Gasteiger partial charge in [-0.05, 0) is 31.4 Å². The van der Waals surface area contributed by atoms with Crippen molar-refractivity contribution in [2.24, 2.45) is 7.05 Å². The van der Waals surface area contributed by atoms with Gasteiger partial charge in [0.05, 0.1) is 23.7 Å². The van der Waals surface area contributed by atoms with Crippen LogP contribution in [0.4, 0.5) is 0 Å². The van der Waals surface area contributed by atoms with Gasteiger partial charge in [0.1, 0.15) is 10.6 Å². The van der Waals surface area contributed by atoms with Gasteiger partial charge >= 0.3 is 0 Å². The summed E-state index contributed by atoms with van der Waals surface area (Å²) >= 11 is 1.29. The monoisotopic (exact) mass is 426 g/mol. The minimum Gasteiger partial charge on any atom is -0.496 e. The number of methoxy groups -OCH3 is 1. The van der Waals surface area contributed by atoms with Gasteiger partial charge in [-0.15, -0.1) is 11.3 Å². The van der Waals surface area contributed by atoms with E-state index < -0.39 is 0 Å². The van der Waals surface area contributed by atoms with Crippen molar-refractivity contribution >= 4 is 27.5 Å². The molecular formula is C22H26N4O3S. The number of hydrogen-bond donors (Lipinski definition) is 1. The average Bonchev–Trinajstić information content (AvgIpc) is 3.10. The van der Waals surface area contributed by atoms with Gasteiger partial charge in [0, 0.05) is 38.3 Å². The third-order valence-corrected chi connectivity index (χ3v) is 6.92. The van der Waals surface area contributed by atoms with E-state index in [0.717, 1.165) is 43.8 Å². The van der Waals surface area contributed by atoms with Gasteiger partial charge in [0.25, 0.3) is 11.5 Å². The summed E-state index contributed by atoms with van der Waals surface area (Å²) in [7, 11) is 3.37. The Hall–Kier alpha value is -2.71. The third-order valence-electron chi connectivity index (χ3n) is 5.73. The highest BCUT2D eigenvalue weighted by molar-refractivity contribution is 7.20. The van der Waals surface area contributed by atoms with Crippen LogP contribution in [0.15, 0.2) is 35.4 Å². The van der Waals surface area contributed by atoms with Gasteiger partial charge in [-0.2, -0.15) is 0 Å². The van der Waals surface area contributed by atoms with Crippen molar-refractivity contribution < 1.29 is 9.53 Å². The van der Waals surface area contributed by atoms with Gasteiger partial charge < -0.3 is 14.6 Å². The number of nitrogens with one attached hydrogen (secondary N) is 1. The van der Waals surface area contributed by atoms with Crippen molar-refractivity contribution in [2.75, 3.05) is 20.2 Å². The maximum absolute atomic E-state index is 12.9. The minimum atomic E-state index is -0.113. The number of rotatable bonds is 5. The summed E-state index contributed by atoms with van der Waals surface area (Å²) in [5, 5.41) is 3.70. The number of aryl methyl sites for hydroxylation is 2. The van der Waals surface area contributed by atoms with E-state index in [1.165, 1.54) is 27.8 Å². The summed E-state index contributed by atoms with van der Waals surface area (Å²) < 4.78 is 6.90. The molecule has 1 saturated heterocycles. The molecule has 0 saturated carbocycles. The second-order valence-corrected chi connectivity index (χ2v) is 8.73. The van der Waals surface area contributed by atoms with Crippen LogP contribution in [-0.2, 0) is 13.6 Å². The number of amides is 1. The molecule has 0 aliphatic carbocycles. The summed E-state index contributed by atoms with van der Waals surface area (Å²) in [5.74, 6) is 0.800. The number of nitrogens with zero attached hydrogens (tertiary/aromatic N) is 3. The number of hydrogen-bond acceptors (Lipinski definition) is 6. The number of piperidine rings is 1. The molecule has 0 atom stereocenters. The van der Waals surface area contributed by atoms with E-state index in [-0.39, 0.29) is 17.5 Å². The summed E-state index contributed by atoms with van der Waals surface area (Å²) in [5.41, 5.74) is 1.78. The molecule has 4 rings (SSSR count). The molecule has 30 heavy (non-hydrogen) atoms. The Balaban J connectivity index is 1.39. The van der Waals surface area contributed by atoms with Gasteiger partial charge in [-0.25, -0.2) is 4.98 Å². The highest BCUT2D eigenvalue weighted by Crippen LogP contribution is 2.27. The lowest BCUT2D eigenvalue weighted by atomic mass is 10.0. The molecule has 1 aromatic carbocycles. The van der Waals surface area contributed by atoms with E-state index in [1.807, 2.05) is 25.1 Å². The maximum atomic E-state index is 12.9. The molecule has 158 valence electrons. The first kappa shape index (κ1) is 20.6. The van der Waals surface area contributed by atoms with E-state index in [0.29, 0.717) is 15.1 Å². The molecule has 3 heterocycles. The number of ether oxygens (including phenoxy) is 1. The number of aromatic nitrogens is 2. The number of fused-ring (bicyclic) bond motifs is 1. The Bertz CT molecular complexity index is 1130. The van der Waals surface area contributed by atoms with E-state index in [2.05, 4.69) is 21.3 Å². The van der Waals surface area contributed by atoms with E-state index >= 15 is 0 Å². The largest absolute Gasteiger partial charge is 0.496 e.